The number of benzene rings is 1. The molecule has 6 heteroatoms. The van der Waals surface area contributed by atoms with E-state index in [2.05, 4.69) is 0 Å². The first-order chi connectivity index (χ1) is 9.07. The Labute approximate surface area is 131 Å². The van der Waals surface area contributed by atoms with Crippen LogP contribution in [0.1, 0.15) is 38.3 Å². The van der Waals surface area contributed by atoms with Gasteiger partial charge in [0.25, 0.3) is 0 Å². The zero-order chi connectivity index (χ0) is 15.7. The highest BCUT2D eigenvalue weighted by Gasteiger charge is 2.34. The molecule has 0 spiro atoms. The van der Waals surface area contributed by atoms with Crippen molar-refractivity contribution < 1.29 is 8.42 Å². The summed E-state index contributed by atoms with van der Waals surface area (Å²) in [5.74, 6) is 0.232. The van der Waals surface area contributed by atoms with Crippen molar-refractivity contribution in [3.05, 3.63) is 28.3 Å². The maximum atomic E-state index is 12.8. The third kappa shape index (κ3) is 3.30. The van der Waals surface area contributed by atoms with E-state index in [0.29, 0.717) is 17.0 Å². The van der Waals surface area contributed by atoms with Crippen molar-refractivity contribution in [2.45, 2.75) is 50.4 Å². The van der Waals surface area contributed by atoms with Crippen LogP contribution in [0.3, 0.4) is 0 Å². The van der Waals surface area contributed by atoms with Gasteiger partial charge in [0, 0.05) is 23.5 Å². The van der Waals surface area contributed by atoms with E-state index < -0.39 is 15.6 Å². The summed E-state index contributed by atoms with van der Waals surface area (Å²) in [6, 6.07) is 3.19. The molecule has 0 saturated heterocycles. The van der Waals surface area contributed by atoms with Crippen molar-refractivity contribution in [2.24, 2.45) is 0 Å². The quantitative estimate of drug-likeness (QED) is 0.755. The molecule has 1 aromatic carbocycles. The smallest absolute Gasteiger partial charge is 0.207 e. The summed E-state index contributed by atoms with van der Waals surface area (Å²) in [4.78, 5) is 0.227. The summed E-state index contributed by atoms with van der Waals surface area (Å²) < 4.78 is 27.0. The minimum Gasteiger partial charge on any atom is -0.207 e. The van der Waals surface area contributed by atoms with Crippen LogP contribution in [-0.4, -0.2) is 25.3 Å². The van der Waals surface area contributed by atoms with E-state index >= 15 is 0 Å². The first kappa shape index (κ1) is 17.8. The Morgan fingerprint density at radius 2 is 1.85 bits per heavy atom. The summed E-state index contributed by atoms with van der Waals surface area (Å²) >= 11 is 11.9. The zero-order valence-electron chi connectivity index (χ0n) is 12.5. The normalized spacial score (nSPS) is 13.0. The monoisotopic (exact) mass is 337 g/mol. The second-order valence-corrected chi connectivity index (χ2v) is 8.10. The number of alkyl halides is 1. The molecule has 114 valence electrons. The average molecular weight is 338 g/mol. The molecule has 20 heavy (non-hydrogen) atoms. The molecule has 0 heterocycles. The van der Waals surface area contributed by atoms with Crippen LogP contribution in [0.25, 0.3) is 0 Å². The average Bonchev–Trinajstić information content (AvgIpc) is 2.39. The van der Waals surface area contributed by atoms with Crippen LogP contribution in [0.15, 0.2) is 17.0 Å². The molecule has 0 atom stereocenters. The van der Waals surface area contributed by atoms with Gasteiger partial charge in [-0.1, -0.05) is 18.5 Å². The first-order valence-electron chi connectivity index (χ1n) is 6.42. The molecule has 0 aromatic heterocycles. The molecule has 3 nitrogen and oxygen atoms in total. The first-order valence-corrected chi connectivity index (χ1v) is 8.77. The molecule has 0 aliphatic heterocycles. The second-order valence-electron chi connectivity index (χ2n) is 5.46. The lowest BCUT2D eigenvalue weighted by Crippen LogP contribution is -2.44. The van der Waals surface area contributed by atoms with Gasteiger partial charge in [-0.2, -0.15) is 4.31 Å². The van der Waals surface area contributed by atoms with Gasteiger partial charge in [0.2, 0.25) is 10.0 Å². The summed E-state index contributed by atoms with van der Waals surface area (Å²) in [6.07, 6.45) is 0.713. The molecular weight excluding hydrogens is 317 g/mol. The number of rotatable bonds is 5. The van der Waals surface area contributed by atoms with Crippen LogP contribution in [-0.2, 0) is 15.9 Å². The van der Waals surface area contributed by atoms with Crippen LogP contribution in [0.5, 0.6) is 0 Å². The van der Waals surface area contributed by atoms with E-state index in [1.54, 1.807) is 20.0 Å². The fourth-order valence-electron chi connectivity index (χ4n) is 1.81. The van der Waals surface area contributed by atoms with Crippen molar-refractivity contribution in [3.8, 4) is 0 Å². The summed E-state index contributed by atoms with van der Waals surface area (Å²) in [5.41, 5.74) is 0.929. The number of sulfonamides is 1. The molecule has 0 aliphatic rings. The second kappa shape index (κ2) is 6.22. The number of nitrogens with zero attached hydrogens (tertiary/aromatic N) is 1. The van der Waals surface area contributed by atoms with Crippen molar-refractivity contribution >= 4 is 33.2 Å². The maximum Gasteiger partial charge on any atom is 0.243 e. The molecule has 0 amide bonds. The lowest BCUT2D eigenvalue weighted by atomic mass is 10.0. The molecule has 0 aliphatic carbocycles. The highest BCUT2D eigenvalue weighted by atomic mass is 35.5. The topological polar surface area (TPSA) is 37.4 Å². The Morgan fingerprint density at radius 1 is 1.30 bits per heavy atom. The molecule has 0 bridgehead atoms. The van der Waals surface area contributed by atoms with Crippen molar-refractivity contribution in [1.29, 1.82) is 0 Å². The van der Waals surface area contributed by atoms with Gasteiger partial charge in [0.05, 0.1) is 4.90 Å². The Bertz CT molecular complexity index is 597. The molecule has 0 N–H and O–H groups in total. The molecule has 1 aromatic rings. The van der Waals surface area contributed by atoms with Crippen LogP contribution >= 0.6 is 23.2 Å². The van der Waals surface area contributed by atoms with Crippen molar-refractivity contribution in [2.75, 3.05) is 7.05 Å². The van der Waals surface area contributed by atoms with E-state index in [4.69, 9.17) is 23.2 Å². The third-order valence-corrected chi connectivity index (χ3v) is 6.63. The van der Waals surface area contributed by atoms with Gasteiger partial charge in [-0.3, -0.25) is 0 Å². The van der Waals surface area contributed by atoms with Crippen molar-refractivity contribution in [3.63, 3.8) is 0 Å². The third-order valence-electron chi connectivity index (χ3n) is 3.93. The Balaban J connectivity index is 3.48. The predicted molar refractivity (Wildman–Crippen MR) is 85.1 cm³/mol. The number of hydrogen-bond acceptors (Lipinski definition) is 2. The lowest BCUT2D eigenvalue weighted by molar-refractivity contribution is 0.257. The fourth-order valence-corrected chi connectivity index (χ4v) is 4.26. The highest BCUT2D eigenvalue weighted by Crippen LogP contribution is 2.31. The Kier molecular flexibility index (Phi) is 5.53. The molecule has 0 saturated carbocycles. The van der Waals surface area contributed by atoms with E-state index in [0.717, 1.165) is 5.56 Å². The summed E-state index contributed by atoms with van der Waals surface area (Å²) in [5, 5.41) is 0.382. The van der Waals surface area contributed by atoms with Gasteiger partial charge < -0.3 is 0 Å². The minimum absolute atomic E-state index is 0.227. The number of halogens is 2. The van der Waals surface area contributed by atoms with Crippen LogP contribution in [0, 0.1) is 6.92 Å². The highest BCUT2D eigenvalue weighted by molar-refractivity contribution is 7.89. The van der Waals surface area contributed by atoms with Gasteiger partial charge in [-0.15, -0.1) is 11.6 Å². The lowest BCUT2D eigenvalue weighted by Gasteiger charge is -2.34. The van der Waals surface area contributed by atoms with Gasteiger partial charge in [0.1, 0.15) is 0 Å². The van der Waals surface area contributed by atoms with E-state index in [9.17, 15) is 8.42 Å². The van der Waals surface area contributed by atoms with E-state index in [1.807, 2.05) is 20.8 Å². The standard InChI is InChI=1S/C14H21Cl2NO2S/c1-6-14(3,4)17(5)20(18,19)13-8-12(16)7-11(9-15)10(13)2/h7-8H,6,9H2,1-5H3. The summed E-state index contributed by atoms with van der Waals surface area (Å²) in [7, 11) is -2.01. The largest absolute Gasteiger partial charge is 0.243 e. The maximum absolute atomic E-state index is 12.8. The Morgan fingerprint density at radius 3 is 2.30 bits per heavy atom. The van der Waals surface area contributed by atoms with Crippen LogP contribution in [0.2, 0.25) is 5.02 Å². The van der Waals surface area contributed by atoms with E-state index in [1.165, 1.54) is 10.4 Å². The van der Waals surface area contributed by atoms with E-state index in [-0.39, 0.29) is 10.8 Å². The molecule has 0 fully saturated rings. The molecule has 0 radical (unpaired) electrons. The van der Waals surface area contributed by atoms with Crippen LogP contribution in [0.4, 0.5) is 0 Å². The minimum atomic E-state index is -3.60. The predicted octanol–water partition coefficient (Wildman–Crippen LogP) is 4.20. The zero-order valence-corrected chi connectivity index (χ0v) is 14.8. The molecule has 0 unspecified atom stereocenters. The van der Waals surface area contributed by atoms with Crippen LogP contribution < -0.4 is 0 Å². The molecule has 1 rings (SSSR count). The van der Waals surface area contributed by atoms with Gasteiger partial charge in [-0.25, -0.2) is 8.42 Å². The van der Waals surface area contributed by atoms with Gasteiger partial charge in [0.15, 0.2) is 0 Å². The molecular formula is C14H21Cl2NO2S. The SMILES string of the molecule is CCC(C)(C)N(C)S(=O)(=O)c1cc(Cl)cc(CCl)c1C. The van der Waals surface area contributed by atoms with Gasteiger partial charge >= 0.3 is 0 Å². The van der Waals surface area contributed by atoms with Gasteiger partial charge in [-0.05, 0) is 50.5 Å². The van der Waals surface area contributed by atoms with Crippen molar-refractivity contribution in [1.82, 2.24) is 4.31 Å². The fraction of sp³-hybridized carbons (Fsp3) is 0.571. The number of hydrogen-bond donors (Lipinski definition) is 0. The Hall–Kier alpha value is -0.290. The summed E-state index contributed by atoms with van der Waals surface area (Å²) in [6.45, 7) is 7.51.